The predicted octanol–water partition coefficient (Wildman–Crippen LogP) is 2.40. The van der Waals surface area contributed by atoms with Gasteiger partial charge in [-0.25, -0.2) is 0 Å². The van der Waals surface area contributed by atoms with Crippen molar-refractivity contribution in [3.8, 4) is 11.5 Å². The van der Waals surface area contributed by atoms with Crippen molar-refractivity contribution in [2.45, 2.75) is 25.4 Å². The largest absolute Gasteiger partial charge is 0.486 e. The summed E-state index contributed by atoms with van der Waals surface area (Å²) < 4.78 is 12.5. The van der Waals surface area contributed by atoms with Crippen LogP contribution in [0.4, 0.5) is 0 Å². The zero-order valence-corrected chi connectivity index (χ0v) is 13.7. The van der Waals surface area contributed by atoms with Crippen molar-refractivity contribution in [3.63, 3.8) is 0 Å². The van der Waals surface area contributed by atoms with Crippen LogP contribution in [0.3, 0.4) is 0 Å². The fourth-order valence-corrected chi connectivity index (χ4v) is 4.18. The Morgan fingerprint density at radius 3 is 2.86 bits per heavy atom. The molecule has 0 aliphatic carbocycles. The summed E-state index contributed by atoms with van der Waals surface area (Å²) in [6.07, 6.45) is 2.59. The Bertz CT molecular complexity index is 537. The Labute approximate surface area is 133 Å². The van der Waals surface area contributed by atoms with Gasteiger partial charge in [-0.05, 0) is 49.5 Å². The molecule has 0 spiro atoms. The van der Waals surface area contributed by atoms with Gasteiger partial charge in [-0.1, -0.05) is 15.9 Å². The summed E-state index contributed by atoms with van der Waals surface area (Å²) >= 11 is 3.68. The highest BCUT2D eigenvalue weighted by molar-refractivity contribution is 9.10. The highest BCUT2D eigenvalue weighted by Crippen LogP contribution is 2.36. The number of fused-ring (bicyclic) bond motifs is 2. The molecule has 114 valence electrons. The maximum absolute atomic E-state index is 5.70. The summed E-state index contributed by atoms with van der Waals surface area (Å²) in [6, 6.07) is 4.94. The second kappa shape index (κ2) is 5.78. The Hall–Kier alpha value is -0.780. The minimum absolute atomic E-state index is 0.640. The van der Waals surface area contributed by atoms with Gasteiger partial charge in [0.2, 0.25) is 0 Å². The van der Waals surface area contributed by atoms with E-state index in [1.807, 2.05) is 6.07 Å². The van der Waals surface area contributed by atoms with E-state index in [2.05, 4.69) is 32.2 Å². The number of hydrogen-bond donors (Lipinski definition) is 1. The Morgan fingerprint density at radius 2 is 2.00 bits per heavy atom. The van der Waals surface area contributed by atoms with Crippen LogP contribution < -0.4 is 14.8 Å². The van der Waals surface area contributed by atoms with E-state index in [1.165, 1.54) is 38.0 Å². The van der Waals surface area contributed by atoms with Crippen molar-refractivity contribution < 1.29 is 9.47 Å². The fourth-order valence-electron chi connectivity index (χ4n) is 3.73. The van der Waals surface area contributed by atoms with Crippen LogP contribution in [0.15, 0.2) is 16.6 Å². The van der Waals surface area contributed by atoms with Gasteiger partial charge >= 0.3 is 0 Å². The second-order valence-electron chi connectivity index (χ2n) is 6.22. The van der Waals surface area contributed by atoms with Gasteiger partial charge in [-0.15, -0.1) is 0 Å². The highest BCUT2D eigenvalue weighted by atomic mass is 79.9. The van der Waals surface area contributed by atoms with Crippen LogP contribution in [0.25, 0.3) is 0 Å². The van der Waals surface area contributed by atoms with Crippen molar-refractivity contribution >= 4 is 15.9 Å². The molecule has 0 bridgehead atoms. The lowest BCUT2D eigenvalue weighted by molar-refractivity contribution is 0.154. The minimum atomic E-state index is 0.640. The number of halogens is 1. The molecule has 3 aliphatic rings. The van der Waals surface area contributed by atoms with Gasteiger partial charge in [-0.3, -0.25) is 4.90 Å². The quantitative estimate of drug-likeness (QED) is 0.886. The van der Waals surface area contributed by atoms with Crippen molar-refractivity contribution in [3.05, 3.63) is 22.2 Å². The van der Waals surface area contributed by atoms with Crippen molar-refractivity contribution in [2.75, 3.05) is 32.8 Å². The lowest BCUT2D eigenvalue weighted by Gasteiger charge is -2.35. The van der Waals surface area contributed by atoms with Crippen LogP contribution in [0.2, 0.25) is 0 Å². The van der Waals surface area contributed by atoms with E-state index in [4.69, 9.17) is 9.47 Å². The second-order valence-corrected chi connectivity index (χ2v) is 7.07. The predicted molar refractivity (Wildman–Crippen MR) is 84.9 cm³/mol. The van der Waals surface area contributed by atoms with Gasteiger partial charge in [-0.2, -0.15) is 0 Å². The molecule has 0 saturated carbocycles. The number of nitrogens with zero attached hydrogens (tertiary/aromatic N) is 1. The Balaban J connectivity index is 1.49. The molecule has 4 nitrogen and oxygen atoms in total. The van der Waals surface area contributed by atoms with E-state index in [0.29, 0.717) is 13.2 Å². The number of benzene rings is 1. The van der Waals surface area contributed by atoms with E-state index >= 15 is 0 Å². The first-order valence-corrected chi connectivity index (χ1v) is 8.62. The number of hydrogen-bond acceptors (Lipinski definition) is 4. The molecule has 0 amide bonds. The van der Waals surface area contributed by atoms with Gasteiger partial charge in [0, 0.05) is 23.6 Å². The lowest BCUT2D eigenvalue weighted by Crippen LogP contribution is -2.43. The molecule has 3 heterocycles. The molecule has 1 aromatic carbocycles. The molecular weight excluding hydrogens is 332 g/mol. The number of rotatable bonds is 2. The molecule has 3 aliphatic heterocycles. The smallest absolute Gasteiger partial charge is 0.162 e. The van der Waals surface area contributed by atoms with Crippen LogP contribution >= 0.6 is 15.9 Å². The highest BCUT2D eigenvalue weighted by Gasteiger charge is 2.32. The molecule has 2 fully saturated rings. The molecule has 0 aromatic heterocycles. The number of piperidine rings is 1. The van der Waals surface area contributed by atoms with E-state index in [0.717, 1.165) is 34.5 Å². The zero-order valence-electron chi connectivity index (χ0n) is 12.1. The van der Waals surface area contributed by atoms with Gasteiger partial charge < -0.3 is 14.8 Å². The SMILES string of the molecule is Brc1cc2c(cc1CN1CCC3NCCC3C1)OCCO2. The van der Waals surface area contributed by atoms with Crippen molar-refractivity contribution in [1.29, 1.82) is 0 Å². The summed E-state index contributed by atoms with van der Waals surface area (Å²) in [6.45, 7) is 5.85. The van der Waals surface area contributed by atoms with Crippen LogP contribution in [-0.4, -0.2) is 43.8 Å². The molecule has 4 rings (SSSR count). The molecule has 2 saturated heterocycles. The van der Waals surface area contributed by atoms with Crippen LogP contribution in [-0.2, 0) is 6.54 Å². The molecular formula is C16H21BrN2O2. The normalized spacial score (nSPS) is 28.4. The summed E-state index contributed by atoms with van der Waals surface area (Å²) in [7, 11) is 0. The Kier molecular flexibility index (Phi) is 3.81. The summed E-state index contributed by atoms with van der Waals surface area (Å²) in [5.74, 6) is 2.57. The third-order valence-electron chi connectivity index (χ3n) is 4.84. The Morgan fingerprint density at radius 1 is 1.19 bits per heavy atom. The van der Waals surface area contributed by atoms with Crippen molar-refractivity contribution in [2.24, 2.45) is 5.92 Å². The maximum atomic E-state index is 5.70. The molecule has 2 atom stereocenters. The van der Waals surface area contributed by atoms with E-state index in [9.17, 15) is 0 Å². The first-order chi connectivity index (χ1) is 10.3. The topological polar surface area (TPSA) is 33.7 Å². The average Bonchev–Trinajstić information content (AvgIpc) is 2.95. The standard InChI is InChI=1S/C16H21BrN2O2/c17-13-8-16-15(20-5-6-21-16)7-12(13)10-19-4-2-14-11(9-19)1-3-18-14/h7-8,11,14,18H,1-6,9-10H2. The average molecular weight is 353 g/mol. The van der Waals surface area contributed by atoms with Gasteiger partial charge in [0.1, 0.15) is 13.2 Å². The van der Waals surface area contributed by atoms with Gasteiger partial charge in [0.15, 0.2) is 11.5 Å². The molecule has 1 aromatic rings. The third-order valence-corrected chi connectivity index (χ3v) is 5.58. The molecule has 21 heavy (non-hydrogen) atoms. The first-order valence-electron chi connectivity index (χ1n) is 7.83. The van der Waals surface area contributed by atoms with Crippen LogP contribution in [0, 0.1) is 5.92 Å². The van der Waals surface area contributed by atoms with Crippen LogP contribution in [0.5, 0.6) is 11.5 Å². The zero-order chi connectivity index (χ0) is 14.2. The maximum Gasteiger partial charge on any atom is 0.162 e. The fraction of sp³-hybridized carbons (Fsp3) is 0.625. The van der Waals surface area contributed by atoms with Crippen LogP contribution in [0.1, 0.15) is 18.4 Å². The number of likely N-dealkylation sites (tertiary alicyclic amines) is 1. The summed E-state index contributed by atoms with van der Waals surface area (Å²) in [4.78, 5) is 2.57. The van der Waals surface area contributed by atoms with Gasteiger partial charge in [0.25, 0.3) is 0 Å². The van der Waals surface area contributed by atoms with E-state index < -0.39 is 0 Å². The van der Waals surface area contributed by atoms with E-state index in [1.54, 1.807) is 0 Å². The lowest BCUT2D eigenvalue weighted by atomic mass is 9.93. The van der Waals surface area contributed by atoms with E-state index in [-0.39, 0.29) is 0 Å². The van der Waals surface area contributed by atoms with Crippen molar-refractivity contribution in [1.82, 2.24) is 10.2 Å². The number of ether oxygens (including phenoxy) is 2. The number of nitrogens with one attached hydrogen (secondary N) is 1. The molecule has 5 heteroatoms. The summed E-state index contributed by atoms with van der Waals surface area (Å²) in [5, 5.41) is 3.62. The molecule has 2 unspecified atom stereocenters. The minimum Gasteiger partial charge on any atom is -0.486 e. The van der Waals surface area contributed by atoms with Gasteiger partial charge in [0.05, 0.1) is 0 Å². The molecule has 0 radical (unpaired) electrons. The summed E-state index contributed by atoms with van der Waals surface area (Å²) in [5.41, 5.74) is 1.30. The monoisotopic (exact) mass is 352 g/mol. The molecule has 1 N–H and O–H groups in total. The third kappa shape index (κ3) is 2.79. The first kappa shape index (κ1) is 13.9.